The predicted octanol–water partition coefficient (Wildman–Crippen LogP) is 8.89. The summed E-state index contributed by atoms with van der Waals surface area (Å²) in [4.78, 5) is 10.5. The first-order chi connectivity index (χ1) is 18.5. The predicted molar refractivity (Wildman–Crippen MR) is 159 cm³/mol. The van der Waals surface area contributed by atoms with Gasteiger partial charge in [0.05, 0.1) is 16.6 Å². The van der Waals surface area contributed by atoms with E-state index in [0.29, 0.717) is 5.88 Å². The van der Waals surface area contributed by atoms with Crippen LogP contribution in [0.25, 0.3) is 49.3 Å². The van der Waals surface area contributed by atoms with Crippen LogP contribution in [0.4, 0.5) is 0 Å². The molecule has 4 aromatic carbocycles. The van der Waals surface area contributed by atoms with Crippen LogP contribution >= 0.6 is 12.6 Å². The van der Waals surface area contributed by atoms with Crippen LogP contribution in [0.3, 0.4) is 0 Å². The quantitative estimate of drug-likeness (QED) is 0.241. The molecule has 0 saturated heterocycles. The van der Waals surface area contributed by atoms with Crippen molar-refractivity contribution in [3.63, 3.8) is 0 Å². The van der Waals surface area contributed by atoms with E-state index in [4.69, 9.17) is 14.7 Å². The topological polar surface area (TPSA) is 39.9 Å². The van der Waals surface area contributed by atoms with Crippen LogP contribution in [0.15, 0.2) is 96.0 Å². The molecule has 0 aliphatic carbocycles. The van der Waals surface area contributed by atoms with Crippen LogP contribution in [-0.2, 0) is 0 Å². The Morgan fingerprint density at radius 1 is 0.711 bits per heavy atom. The van der Waals surface area contributed by atoms with Crippen molar-refractivity contribution in [1.29, 1.82) is 0 Å². The summed E-state index contributed by atoms with van der Waals surface area (Å²) < 4.78 is 8.61. The molecule has 7 rings (SSSR count). The first-order valence-corrected chi connectivity index (χ1v) is 13.1. The fourth-order valence-electron chi connectivity index (χ4n) is 5.55. The van der Waals surface area contributed by atoms with E-state index in [-0.39, 0.29) is 0 Å². The summed E-state index contributed by atoms with van der Waals surface area (Å²) in [5.41, 5.74) is 6.54. The fraction of sp³-hybridized carbons (Fsp3) is 0.0909. The van der Waals surface area contributed by atoms with E-state index < -0.39 is 0 Å². The summed E-state index contributed by atoms with van der Waals surface area (Å²) in [5, 5.41) is 5.77. The van der Waals surface area contributed by atoms with Crippen LogP contribution in [0, 0.1) is 20.8 Å². The van der Waals surface area contributed by atoms with E-state index in [1.165, 1.54) is 16.3 Å². The molecule has 0 aliphatic rings. The normalized spacial score (nSPS) is 11.7. The third kappa shape index (κ3) is 3.62. The molecule has 3 heterocycles. The second-order valence-electron chi connectivity index (χ2n) is 9.94. The zero-order valence-electron chi connectivity index (χ0n) is 21.4. The van der Waals surface area contributed by atoms with Gasteiger partial charge in [0.15, 0.2) is 0 Å². The van der Waals surface area contributed by atoms with Gasteiger partial charge in [-0.15, -0.1) is 12.6 Å². The molecule has 0 saturated carbocycles. The number of rotatable bonds is 3. The molecule has 38 heavy (non-hydrogen) atoms. The molecule has 184 valence electrons. The number of hydrogen-bond donors (Lipinski definition) is 1. The maximum absolute atomic E-state index is 6.37. The van der Waals surface area contributed by atoms with Crippen LogP contribution in [-0.4, -0.2) is 14.5 Å². The SMILES string of the molecule is Cc1cc(S)c2nc(Oc3cc(C)c4c5c(C)cccc5n(-c5cc6ccccc6cn5)c4c3)ccc2c1. The zero-order valence-corrected chi connectivity index (χ0v) is 22.3. The van der Waals surface area contributed by atoms with E-state index in [2.05, 4.69) is 98.6 Å². The first-order valence-electron chi connectivity index (χ1n) is 12.6. The Hall–Kier alpha value is -4.35. The van der Waals surface area contributed by atoms with E-state index in [1.54, 1.807) is 0 Å². The van der Waals surface area contributed by atoms with Crippen molar-refractivity contribution in [2.45, 2.75) is 25.7 Å². The first kappa shape index (κ1) is 22.8. The van der Waals surface area contributed by atoms with Crippen molar-refractivity contribution < 1.29 is 4.74 Å². The van der Waals surface area contributed by atoms with Gasteiger partial charge < -0.3 is 4.74 Å². The summed E-state index contributed by atoms with van der Waals surface area (Å²) in [6.45, 7) is 6.37. The summed E-state index contributed by atoms with van der Waals surface area (Å²) in [6, 6.07) is 29.2. The van der Waals surface area contributed by atoms with E-state index in [9.17, 15) is 0 Å². The van der Waals surface area contributed by atoms with Crippen molar-refractivity contribution in [3.8, 4) is 17.4 Å². The van der Waals surface area contributed by atoms with Gasteiger partial charge in [0.25, 0.3) is 0 Å². The summed E-state index contributed by atoms with van der Waals surface area (Å²) in [6.07, 6.45) is 1.95. The van der Waals surface area contributed by atoms with Crippen LogP contribution in [0.2, 0.25) is 0 Å². The number of aromatic nitrogens is 3. The Labute approximate surface area is 225 Å². The Bertz CT molecular complexity index is 2060. The Morgan fingerprint density at radius 3 is 2.39 bits per heavy atom. The van der Waals surface area contributed by atoms with Crippen LogP contribution in [0.5, 0.6) is 11.6 Å². The molecule has 0 radical (unpaired) electrons. The van der Waals surface area contributed by atoms with Gasteiger partial charge in [0.1, 0.15) is 11.6 Å². The standard InChI is InChI=1S/C33H25N3OS/c1-19-13-23-11-12-30(35-33(23)28(38)14-19)37-25-15-21(3)32-27(17-25)36(26-10-6-7-20(2)31(26)32)29-16-22-8-4-5-9-24(22)18-34-29/h4-18,38H,1-3H3. The lowest BCUT2D eigenvalue weighted by atomic mass is 10.0. The van der Waals surface area contributed by atoms with Gasteiger partial charge in [0.2, 0.25) is 5.88 Å². The molecule has 0 spiro atoms. The molecule has 0 unspecified atom stereocenters. The van der Waals surface area contributed by atoms with Gasteiger partial charge in [-0.25, -0.2) is 9.97 Å². The highest BCUT2D eigenvalue weighted by Crippen LogP contribution is 2.39. The van der Waals surface area contributed by atoms with Gasteiger partial charge in [-0.2, -0.15) is 0 Å². The van der Waals surface area contributed by atoms with Gasteiger partial charge in [-0.3, -0.25) is 4.57 Å². The number of aryl methyl sites for hydroxylation is 3. The highest BCUT2D eigenvalue weighted by molar-refractivity contribution is 7.80. The third-order valence-electron chi connectivity index (χ3n) is 7.23. The minimum Gasteiger partial charge on any atom is -0.439 e. The van der Waals surface area contributed by atoms with Crippen molar-refractivity contribution in [1.82, 2.24) is 14.5 Å². The number of hydrogen-bond acceptors (Lipinski definition) is 4. The lowest BCUT2D eigenvalue weighted by Gasteiger charge is -2.11. The molecule has 0 atom stereocenters. The van der Waals surface area contributed by atoms with E-state index >= 15 is 0 Å². The Kier molecular flexibility index (Phi) is 5.17. The van der Waals surface area contributed by atoms with Gasteiger partial charge in [0, 0.05) is 44.8 Å². The monoisotopic (exact) mass is 511 g/mol. The molecule has 0 bridgehead atoms. The molecule has 0 aliphatic heterocycles. The second kappa shape index (κ2) is 8.61. The molecule has 3 aromatic heterocycles. The number of ether oxygens (including phenoxy) is 1. The van der Waals surface area contributed by atoms with Gasteiger partial charge in [-0.05, 0) is 79.2 Å². The molecule has 0 N–H and O–H groups in total. The van der Waals surface area contributed by atoms with Crippen LogP contribution < -0.4 is 4.74 Å². The summed E-state index contributed by atoms with van der Waals surface area (Å²) in [7, 11) is 0. The molecule has 0 amide bonds. The van der Waals surface area contributed by atoms with Crippen molar-refractivity contribution >= 4 is 56.1 Å². The zero-order chi connectivity index (χ0) is 26.0. The second-order valence-corrected chi connectivity index (χ2v) is 10.4. The lowest BCUT2D eigenvalue weighted by molar-refractivity contribution is 0.465. The smallest absolute Gasteiger partial charge is 0.219 e. The molecule has 4 nitrogen and oxygen atoms in total. The maximum Gasteiger partial charge on any atom is 0.219 e. The summed E-state index contributed by atoms with van der Waals surface area (Å²) in [5.74, 6) is 2.15. The molecular formula is C33H25N3OS. The van der Waals surface area contributed by atoms with Crippen molar-refractivity contribution in [2.24, 2.45) is 0 Å². The Morgan fingerprint density at radius 2 is 1.53 bits per heavy atom. The van der Waals surface area contributed by atoms with Gasteiger partial charge in [-0.1, -0.05) is 36.4 Å². The highest BCUT2D eigenvalue weighted by Gasteiger charge is 2.18. The van der Waals surface area contributed by atoms with Crippen LogP contribution in [0.1, 0.15) is 16.7 Å². The summed E-state index contributed by atoms with van der Waals surface area (Å²) >= 11 is 4.65. The number of thiol groups is 1. The molecule has 5 heteroatoms. The largest absolute Gasteiger partial charge is 0.439 e. The fourth-order valence-corrected chi connectivity index (χ4v) is 5.94. The Balaban J connectivity index is 1.44. The molecule has 0 fully saturated rings. The van der Waals surface area contributed by atoms with Crippen molar-refractivity contribution in [2.75, 3.05) is 0 Å². The maximum atomic E-state index is 6.37. The number of fused-ring (bicyclic) bond motifs is 5. The minimum atomic E-state index is 0.540. The molecular weight excluding hydrogens is 486 g/mol. The highest BCUT2D eigenvalue weighted by atomic mass is 32.1. The van der Waals surface area contributed by atoms with Gasteiger partial charge >= 0.3 is 0 Å². The number of nitrogens with zero attached hydrogens (tertiary/aromatic N) is 3. The lowest BCUT2D eigenvalue weighted by Crippen LogP contribution is -1.98. The van der Waals surface area contributed by atoms with E-state index in [0.717, 1.165) is 60.3 Å². The average molecular weight is 512 g/mol. The number of pyridine rings is 2. The third-order valence-corrected chi connectivity index (χ3v) is 7.57. The van der Waals surface area contributed by atoms with Crippen molar-refractivity contribution in [3.05, 3.63) is 108 Å². The minimum absolute atomic E-state index is 0.540. The average Bonchev–Trinajstić information content (AvgIpc) is 3.24. The number of benzene rings is 4. The molecule has 7 aromatic rings. The van der Waals surface area contributed by atoms with E-state index in [1.807, 2.05) is 30.5 Å².